The first-order chi connectivity index (χ1) is 17.7. The molecule has 1 amide bonds. The first kappa shape index (κ1) is 23.7. The van der Waals surface area contributed by atoms with Gasteiger partial charge >= 0.3 is 0 Å². The van der Waals surface area contributed by atoms with Gasteiger partial charge in [0.2, 0.25) is 6.29 Å². The largest absolute Gasteiger partial charge is 0.459 e. The standard InChI is InChI=1S/C30H35NO5/c32-10-11-34-12-13-35-29-18-22(17-28(36-29)30(33)31-27-15-19-8-9-21(27)14-19)24-6-3-7-25-23-5-2-1-4-20(23)16-26(24)25/h1-7,17,19,21-22,27,29,32H,8-16,18H2,(H,31,33)/t19?,21?,22-,27?,29+/m0/s1. The van der Waals surface area contributed by atoms with E-state index < -0.39 is 6.29 Å². The minimum atomic E-state index is -0.529. The first-order valence-corrected chi connectivity index (χ1v) is 13.4. The second-order valence-corrected chi connectivity index (χ2v) is 10.6. The minimum Gasteiger partial charge on any atom is -0.459 e. The van der Waals surface area contributed by atoms with Crippen molar-refractivity contribution in [2.45, 2.75) is 56.8 Å². The Morgan fingerprint density at radius 3 is 2.72 bits per heavy atom. The zero-order valence-electron chi connectivity index (χ0n) is 20.7. The fourth-order valence-corrected chi connectivity index (χ4v) is 6.73. The van der Waals surface area contributed by atoms with Crippen molar-refractivity contribution in [3.63, 3.8) is 0 Å². The maximum Gasteiger partial charge on any atom is 0.286 e. The summed E-state index contributed by atoms with van der Waals surface area (Å²) in [7, 11) is 0. The summed E-state index contributed by atoms with van der Waals surface area (Å²) in [6, 6.07) is 15.3. The summed E-state index contributed by atoms with van der Waals surface area (Å²) in [4.78, 5) is 13.4. The van der Waals surface area contributed by atoms with Crippen LogP contribution in [0.1, 0.15) is 54.7 Å². The second-order valence-electron chi connectivity index (χ2n) is 10.6. The number of fused-ring (bicyclic) bond motifs is 5. The molecule has 3 unspecified atom stereocenters. The Labute approximate surface area is 212 Å². The van der Waals surface area contributed by atoms with Crippen molar-refractivity contribution in [2.75, 3.05) is 26.4 Å². The van der Waals surface area contributed by atoms with Gasteiger partial charge in [-0.25, -0.2) is 0 Å². The number of carbonyl (C=O) groups excluding carboxylic acids is 1. The molecule has 4 aliphatic rings. The van der Waals surface area contributed by atoms with Crippen LogP contribution in [0.5, 0.6) is 0 Å². The highest BCUT2D eigenvalue weighted by Crippen LogP contribution is 2.45. The van der Waals surface area contributed by atoms with Crippen molar-refractivity contribution in [2.24, 2.45) is 11.8 Å². The summed E-state index contributed by atoms with van der Waals surface area (Å²) >= 11 is 0. The molecule has 3 aliphatic carbocycles. The number of aliphatic hydroxyl groups is 1. The van der Waals surface area contributed by atoms with Crippen LogP contribution in [0, 0.1) is 11.8 Å². The molecule has 6 heteroatoms. The third-order valence-electron chi connectivity index (χ3n) is 8.39. The van der Waals surface area contributed by atoms with Crippen molar-refractivity contribution in [3.8, 4) is 11.1 Å². The third kappa shape index (κ3) is 4.70. The molecule has 2 fully saturated rings. The summed E-state index contributed by atoms with van der Waals surface area (Å²) in [6.07, 6.45) is 7.85. The van der Waals surface area contributed by atoms with Crippen molar-refractivity contribution < 1.29 is 24.1 Å². The zero-order chi connectivity index (χ0) is 24.5. The lowest BCUT2D eigenvalue weighted by atomic mass is 9.87. The number of carbonyl (C=O) groups is 1. The predicted molar refractivity (Wildman–Crippen MR) is 136 cm³/mol. The van der Waals surface area contributed by atoms with Gasteiger partial charge in [0.05, 0.1) is 26.4 Å². The monoisotopic (exact) mass is 489 g/mol. The molecular weight excluding hydrogens is 454 g/mol. The zero-order valence-corrected chi connectivity index (χ0v) is 20.7. The Balaban J connectivity index is 1.23. The quantitative estimate of drug-likeness (QED) is 0.438. The van der Waals surface area contributed by atoms with Crippen LogP contribution in [0.4, 0.5) is 0 Å². The smallest absolute Gasteiger partial charge is 0.286 e. The molecule has 190 valence electrons. The molecule has 6 nitrogen and oxygen atoms in total. The van der Waals surface area contributed by atoms with E-state index in [4.69, 9.17) is 19.3 Å². The minimum absolute atomic E-state index is 0.0143. The van der Waals surface area contributed by atoms with Gasteiger partial charge in [0.15, 0.2) is 5.76 Å². The average Bonchev–Trinajstić information content (AvgIpc) is 3.62. The van der Waals surface area contributed by atoms with Crippen LogP contribution in [0.3, 0.4) is 0 Å². The summed E-state index contributed by atoms with van der Waals surface area (Å²) in [5, 5.41) is 12.2. The Kier molecular flexibility index (Phi) is 6.83. The molecule has 2 saturated carbocycles. The van der Waals surface area contributed by atoms with Gasteiger partial charge in [0, 0.05) is 18.4 Å². The van der Waals surface area contributed by atoms with Crippen LogP contribution >= 0.6 is 0 Å². The Hall–Kier alpha value is -2.67. The highest BCUT2D eigenvalue weighted by molar-refractivity contribution is 5.92. The van der Waals surface area contributed by atoms with Crippen LogP contribution in [-0.4, -0.2) is 49.8 Å². The van der Waals surface area contributed by atoms with E-state index in [0.29, 0.717) is 31.3 Å². The topological polar surface area (TPSA) is 77.0 Å². The SMILES string of the molecule is O=C(NC1CC2CCC1C2)C1=C[C@H](c2cccc3c2Cc2ccccc2-3)C[C@H](OCCOCCO)O1. The fourth-order valence-electron chi connectivity index (χ4n) is 6.73. The van der Waals surface area contributed by atoms with E-state index in [0.717, 1.165) is 18.8 Å². The van der Waals surface area contributed by atoms with Crippen molar-refractivity contribution in [1.29, 1.82) is 0 Å². The van der Waals surface area contributed by atoms with Crippen LogP contribution in [0.15, 0.2) is 54.3 Å². The molecule has 0 saturated heterocycles. The van der Waals surface area contributed by atoms with Gasteiger partial charge in [-0.05, 0) is 71.4 Å². The molecule has 2 bridgehead atoms. The average molecular weight is 490 g/mol. The summed E-state index contributed by atoms with van der Waals surface area (Å²) in [5.74, 6) is 1.62. The summed E-state index contributed by atoms with van der Waals surface area (Å²) in [5.41, 5.74) is 6.50. The number of amides is 1. The van der Waals surface area contributed by atoms with E-state index in [-0.39, 0.29) is 31.1 Å². The van der Waals surface area contributed by atoms with Crippen LogP contribution in [0.25, 0.3) is 11.1 Å². The molecule has 6 rings (SSSR count). The number of nitrogens with one attached hydrogen (secondary N) is 1. The van der Waals surface area contributed by atoms with E-state index in [2.05, 4.69) is 47.8 Å². The molecule has 1 aliphatic heterocycles. The molecule has 2 N–H and O–H groups in total. The molecule has 0 radical (unpaired) electrons. The van der Waals surface area contributed by atoms with Gasteiger partial charge in [-0.1, -0.05) is 48.9 Å². The van der Waals surface area contributed by atoms with E-state index in [1.165, 1.54) is 47.1 Å². The summed E-state index contributed by atoms with van der Waals surface area (Å²) in [6.45, 7) is 0.986. The molecule has 5 atom stereocenters. The molecule has 0 aromatic heterocycles. The van der Waals surface area contributed by atoms with Gasteiger partial charge in [0.25, 0.3) is 5.91 Å². The van der Waals surface area contributed by atoms with Gasteiger partial charge in [-0.2, -0.15) is 0 Å². The Morgan fingerprint density at radius 1 is 1.00 bits per heavy atom. The second kappa shape index (κ2) is 10.4. The maximum absolute atomic E-state index is 13.4. The maximum atomic E-state index is 13.4. The van der Waals surface area contributed by atoms with E-state index in [1.807, 2.05) is 6.08 Å². The third-order valence-corrected chi connectivity index (χ3v) is 8.39. The Bertz CT molecular complexity index is 1140. The molecule has 1 heterocycles. The molecule has 36 heavy (non-hydrogen) atoms. The number of aliphatic hydroxyl groups excluding tert-OH is 1. The molecule has 2 aromatic rings. The normalized spacial score (nSPS) is 27.8. The van der Waals surface area contributed by atoms with Gasteiger partial charge < -0.3 is 24.6 Å². The molecule has 2 aromatic carbocycles. The van der Waals surface area contributed by atoms with E-state index >= 15 is 0 Å². The molecule has 0 spiro atoms. The van der Waals surface area contributed by atoms with Crippen LogP contribution in [0.2, 0.25) is 0 Å². The Morgan fingerprint density at radius 2 is 1.89 bits per heavy atom. The van der Waals surface area contributed by atoms with E-state index in [1.54, 1.807) is 0 Å². The highest BCUT2D eigenvalue weighted by atomic mass is 16.7. The fraction of sp³-hybridized carbons (Fsp3) is 0.500. The number of benzene rings is 2. The van der Waals surface area contributed by atoms with Crippen molar-refractivity contribution in [1.82, 2.24) is 5.32 Å². The number of hydrogen-bond donors (Lipinski definition) is 2. The van der Waals surface area contributed by atoms with Gasteiger partial charge in [-0.15, -0.1) is 0 Å². The lowest BCUT2D eigenvalue weighted by molar-refractivity contribution is -0.151. The lowest BCUT2D eigenvalue weighted by Gasteiger charge is -2.31. The highest BCUT2D eigenvalue weighted by Gasteiger charge is 2.41. The van der Waals surface area contributed by atoms with Gasteiger partial charge in [0.1, 0.15) is 0 Å². The lowest BCUT2D eigenvalue weighted by Crippen LogP contribution is -2.41. The first-order valence-electron chi connectivity index (χ1n) is 13.4. The van der Waals surface area contributed by atoms with Crippen LogP contribution in [-0.2, 0) is 25.4 Å². The van der Waals surface area contributed by atoms with Crippen molar-refractivity contribution in [3.05, 3.63) is 71.0 Å². The van der Waals surface area contributed by atoms with E-state index in [9.17, 15) is 4.79 Å². The number of ether oxygens (including phenoxy) is 3. The van der Waals surface area contributed by atoms with Gasteiger partial charge in [-0.3, -0.25) is 4.79 Å². The predicted octanol–water partition coefficient (Wildman–Crippen LogP) is 4.30. The summed E-state index contributed by atoms with van der Waals surface area (Å²) < 4.78 is 17.5. The van der Waals surface area contributed by atoms with Crippen molar-refractivity contribution >= 4 is 5.91 Å². The number of allylic oxidation sites excluding steroid dienone is 1. The van der Waals surface area contributed by atoms with Crippen LogP contribution < -0.4 is 5.32 Å². The number of hydrogen-bond acceptors (Lipinski definition) is 5. The molecular formula is C30H35NO5. The number of rotatable bonds is 9.